The molecule has 2 rings (SSSR count). The van der Waals surface area contributed by atoms with Crippen molar-refractivity contribution in [3.05, 3.63) is 64.4 Å². The van der Waals surface area contributed by atoms with Crippen molar-refractivity contribution in [2.75, 3.05) is 5.32 Å². The van der Waals surface area contributed by atoms with Crippen LogP contribution in [0.25, 0.3) is 0 Å². The van der Waals surface area contributed by atoms with Crippen molar-refractivity contribution in [1.29, 1.82) is 5.26 Å². The average molecular weight is 275 g/mol. The molecule has 5 heteroatoms. The lowest BCUT2D eigenvalue weighted by Gasteiger charge is -2.08. The molecule has 0 bridgehead atoms. The van der Waals surface area contributed by atoms with Crippen molar-refractivity contribution in [2.45, 2.75) is 0 Å². The van der Waals surface area contributed by atoms with Gasteiger partial charge in [0.2, 0.25) is 0 Å². The molecule has 1 N–H and O–H groups in total. The largest absolute Gasteiger partial charge is 0.321 e. The number of halogens is 2. The van der Waals surface area contributed by atoms with Gasteiger partial charge in [-0.2, -0.15) is 5.26 Å². The zero-order valence-electron chi connectivity index (χ0n) is 9.65. The Bertz CT molecular complexity index is 679. The second kappa shape index (κ2) is 5.51. The zero-order chi connectivity index (χ0) is 13.8. The molecule has 0 unspecified atom stereocenters. The van der Waals surface area contributed by atoms with Gasteiger partial charge in [0.15, 0.2) is 0 Å². The van der Waals surface area contributed by atoms with E-state index in [2.05, 4.69) is 5.32 Å². The SMILES string of the molecule is N#Cc1cc(F)ccc1NC(=O)c1ccccc1Cl. The second-order valence-electron chi connectivity index (χ2n) is 3.74. The van der Waals surface area contributed by atoms with Gasteiger partial charge in [-0.25, -0.2) is 4.39 Å². The van der Waals surface area contributed by atoms with E-state index in [9.17, 15) is 9.18 Å². The molecular weight excluding hydrogens is 267 g/mol. The molecule has 0 aromatic heterocycles. The van der Waals surface area contributed by atoms with Crippen molar-refractivity contribution < 1.29 is 9.18 Å². The van der Waals surface area contributed by atoms with Gasteiger partial charge in [0, 0.05) is 0 Å². The monoisotopic (exact) mass is 274 g/mol. The Morgan fingerprint density at radius 3 is 2.68 bits per heavy atom. The van der Waals surface area contributed by atoms with Gasteiger partial charge in [-0.05, 0) is 30.3 Å². The maximum Gasteiger partial charge on any atom is 0.257 e. The molecule has 1 amide bonds. The van der Waals surface area contributed by atoms with Crippen LogP contribution in [0.15, 0.2) is 42.5 Å². The number of carbonyl (C=O) groups excluding carboxylic acids is 1. The van der Waals surface area contributed by atoms with Crippen molar-refractivity contribution in [2.24, 2.45) is 0 Å². The molecule has 2 aromatic carbocycles. The molecule has 0 atom stereocenters. The van der Waals surface area contributed by atoms with E-state index in [4.69, 9.17) is 16.9 Å². The molecular formula is C14H8ClFN2O. The molecule has 0 fully saturated rings. The van der Waals surface area contributed by atoms with Crippen LogP contribution in [0.3, 0.4) is 0 Å². The third kappa shape index (κ3) is 2.90. The van der Waals surface area contributed by atoms with E-state index in [1.165, 1.54) is 12.1 Å². The number of nitriles is 1. The van der Waals surface area contributed by atoms with Gasteiger partial charge in [-0.15, -0.1) is 0 Å². The third-order valence-corrected chi connectivity index (χ3v) is 2.80. The number of nitrogens with zero attached hydrogens (tertiary/aromatic N) is 1. The van der Waals surface area contributed by atoms with E-state index >= 15 is 0 Å². The van der Waals surface area contributed by atoms with Crippen molar-refractivity contribution >= 4 is 23.2 Å². The summed E-state index contributed by atoms with van der Waals surface area (Å²) in [5.74, 6) is -0.985. The van der Waals surface area contributed by atoms with Gasteiger partial charge in [0.25, 0.3) is 5.91 Å². The summed E-state index contributed by atoms with van der Waals surface area (Å²) in [5.41, 5.74) is 0.589. The van der Waals surface area contributed by atoms with E-state index in [1.807, 2.05) is 6.07 Å². The van der Waals surface area contributed by atoms with E-state index in [1.54, 1.807) is 24.3 Å². The van der Waals surface area contributed by atoms with Gasteiger partial charge in [0.05, 0.1) is 21.8 Å². The molecule has 0 saturated carbocycles. The Morgan fingerprint density at radius 1 is 1.26 bits per heavy atom. The first-order valence-electron chi connectivity index (χ1n) is 5.37. The van der Waals surface area contributed by atoms with E-state index < -0.39 is 11.7 Å². The number of amides is 1. The highest BCUT2D eigenvalue weighted by Crippen LogP contribution is 2.20. The van der Waals surface area contributed by atoms with Gasteiger partial charge in [-0.1, -0.05) is 23.7 Å². The van der Waals surface area contributed by atoms with Crippen molar-refractivity contribution in [3.63, 3.8) is 0 Å². The van der Waals surface area contributed by atoms with Gasteiger partial charge in [-0.3, -0.25) is 4.79 Å². The van der Waals surface area contributed by atoms with Gasteiger partial charge < -0.3 is 5.32 Å². The highest BCUT2D eigenvalue weighted by atomic mass is 35.5. The number of anilines is 1. The third-order valence-electron chi connectivity index (χ3n) is 2.47. The lowest BCUT2D eigenvalue weighted by Crippen LogP contribution is -2.13. The Balaban J connectivity index is 2.30. The van der Waals surface area contributed by atoms with Crippen LogP contribution >= 0.6 is 11.6 Å². The van der Waals surface area contributed by atoms with Crippen LogP contribution in [0.5, 0.6) is 0 Å². The number of carbonyl (C=O) groups is 1. The topological polar surface area (TPSA) is 52.9 Å². The van der Waals surface area contributed by atoms with Gasteiger partial charge in [0.1, 0.15) is 11.9 Å². The molecule has 94 valence electrons. The highest BCUT2D eigenvalue weighted by Gasteiger charge is 2.12. The minimum Gasteiger partial charge on any atom is -0.321 e. The number of nitrogens with one attached hydrogen (secondary N) is 1. The van der Waals surface area contributed by atoms with Crippen molar-refractivity contribution in [3.8, 4) is 6.07 Å². The summed E-state index contributed by atoms with van der Waals surface area (Å²) >= 11 is 5.90. The normalized spacial score (nSPS) is 9.74. The quantitative estimate of drug-likeness (QED) is 0.909. The lowest BCUT2D eigenvalue weighted by molar-refractivity contribution is 0.102. The van der Waals surface area contributed by atoms with Crippen LogP contribution in [-0.2, 0) is 0 Å². The molecule has 2 aromatic rings. The lowest BCUT2D eigenvalue weighted by atomic mass is 10.1. The fourth-order valence-electron chi connectivity index (χ4n) is 1.55. The smallest absolute Gasteiger partial charge is 0.257 e. The maximum absolute atomic E-state index is 13.0. The summed E-state index contributed by atoms with van der Waals surface area (Å²) in [6.07, 6.45) is 0. The standard InChI is InChI=1S/C14H8ClFN2O/c15-12-4-2-1-3-11(12)14(19)18-13-6-5-10(16)7-9(13)8-17/h1-7H,(H,18,19). The Labute approximate surface area is 114 Å². The van der Waals surface area contributed by atoms with Crippen LogP contribution in [0.2, 0.25) is 5.02 Å². The summed E-state index contributed by atoms with van der Waals surface area (Å²) in [6, 6.07) is 11.9. The molecule has 19 heavy (non-hydrogen) atoms. The number of hydrogen-bond acceptors (Lipinski definition) is 2. The van der Waals surface area contributed by atoms with Crippen LogP contribution < -0.4 is 5.32 Å². The van der Waals surface area contributed by atoms with E-state index in [-0.39, 0.29) is 16.8 Å². The first kappa shape index (κ1) is 13.1. The van der Waals surface area contributed by atoms with Crippen molar-refractivity contribution in [1.82, 2.24) is 0 Å². The molecule has 0 radical (unpaired) electrons. The number of benzene rings is 2. The Hall–Kier alpha value is -2.38. The molecule has 0 saturated heterocycles. The molecule has 0 aliphatic carbocycles. The molecule has 0 spiro atoms. The van der Waals surface area contributed by atoms with Crippen LogP contribution in [0.1, 0.15) is 15.9 Å². The predicted molar refractivity (Wildman–Crippen MR) is 70.5 cm³/mol. The number of hydrogen-bond donors (Lipinski definition) is 1. The molecule has 0 aliphatic heterocycles. The maximum atomic E-state index is 13.0. The highest BCUT2D eigenvalue weighted by molar-refractivity contribution is 6.34. The summed E-state index contributed by atoms with van der Waals surface area (Å²) < 4.78 is 13.0. The minimum atomic E-state index is -0.535. The first-order valence-corrected chi connectivity index (χ1v) is 5.75. The Kier molecular flexibility index (Phi) is 3.79. The summed E-state index contributed by atoms with van der Waals surface area (Å²) in [4.78, 5) is 12.0. The summed E-state index contributed by atoms with van der Waals surface area (Å²) in [7, 11) is 0. The minimum absolute atomic E-state index is 0.0559. The predicted octanol–water partition coefficient (Wildman–Crippen LogP) is 3.60. The molecule has 3 nitrogen and oxygen atoms in total. The summed E-state index contributed by atoms with van der Waals surface area (Å²) in [5, 5.41) is 11.7. The fourth-order valence-corrected chi connectivity index (χ4v) is 1.77. The summed E-state index contributed by atoms with van der Waals surface area (Å²) in [6.45, 7) is 0. The zero-order valence-corrected chi connectivity index (χ0v) is 10.4. The molecule has 0 heterocycles. The second-order valence-corrected chi connectivity index (χ2v) is 4.14. The Morgan fingerprint density at radius 2 is 2.00 bits per heavy atom. The van der Waals surface area contributed by atoms with Crippen LogP contribution in [0.4, 0.5) is 10.1 Å². The van der Waals surface area contributed by atoms with Crippen LogP contribution in [-0.4, -0.2) is 5.91 Å². The fraction of sp³-hybridized carbons (Fsp3) is 0. The van der Waals surface area contributed by atoms with Crippen LogP contribution in [0, 0.1) is 17.1 Å². The molecule has 0 aliphatic rings. The average Bonchev–Trinajstić information content (AvgIpc) is 2.41. The number of rotatable bonds is 2. The first-order chi connectivity index (χ1) is 9.11. The van der Waals surface area contributed by atoms with E-state index in [0.29, 0.717) is 5.02 Å². The van der Waals surface area contributed by atoms with E-state index in [0.717, 1.165) is 6.07 Å². The van der Waals surface area contributed by atoms with Gasteiger partial charge >= 0.3 is 0 Å².